The quantitative estimate of drug-likeness (QED) is 0.154. The van der Waals surface area contributed by atoms with E-state index >= 15 is 0 Å². The molecule has 0 nitrogen and oxygen atoms in total. The Morgan fingerprint density at radius 3 is 1.02 bits per heavy atom. The first kappa shape index (κ1) is 43.7. The molecule has 0 fully saturated rings. The van der Waals surface area contributed by atoms with Gasteiger partial charge in [0.25, 0.3) is 0 Å². The first-order chi connectivity index (χ1) is 39.7. The highest BCUT2D eigenvalue weighted by Crippen LogP contribution is 2.58. The number of hydrogen-bond acceptors (Lipinski definition) is 0. The number of hydrogen-bond donors (Lipinski definition) is 0. The average Bonchev–Trinajstić information content (AvgIpc) is 4.36. The van der Waals surface area contributed by atoms with E-state index in [1.807, 2.05) is 0 Å². The van der Waals surface area contributed by atoms with Gasteiger partial charge in [-0.25, -0.2) is 0 Å². The van der Waals surface area contributed by atoms with Gasteiger partial charge in [-0.15, -0.1) is 0 Å². The third kappa shape index (κ3) is 5.94. The number of rotatable bonds is 4. The van der Waals surface area contributed by atoms with Gasteiger partial charge in [0, 0.05) is 0 Å². The fourth-order valence-electron chi connectivity index (χ4n) is 14.9. The minimum Gasteiger partial charge on any atom is -0.0622 e. The second-order valence-electron chi connectivity index (χ2n) is 22.0. The van der Waals surface area contributed by atoms with E-state index in [-0.39, 0.29) is 0 Å². The minimum atomic E-state index is 1.26. The van der Waals surface area contributed by atoms with Crippen LogP contribution in [0.4, 0.5) is 0 Å². The summed E-state index contributed by atoms with van der Waals surface area (Å²) in [6.07, 6.45) is 0. The lowest BCUT2D eigenvalue weighted by Gasteiger charge is -2.20. The zero-order chi connectivity index (χ0) is 52.2. The summed E-state index contributed by atoms with van der Waals surface area (Å²) in [6.45, 7) is 0. The van der Waals surface area contributed by atoms with E-state index < -0.39 is 0 Å². The molecule has 19 rings (SSSR count). The van der Waals surface area contributed by atoms with Gasteiger partial charge in [0.15, 0.2) is 0 Å². The van der Waals surface area contributed by atoms with Gasteiger partial charge in [0.2, 0.25) is 0 Å². The molecule has 18 aromatic rings. The van der Waals surface area contributed by atoms with Crippen LogP contribution in [0.15, 0.2) is 279 Å². The molecule has 0 unspecified atom stereocenters. The lowest BCUT2D eigenvalue weighted by atomic mass is 9.82. The lowest BCUT2D eigenvalue weighted by Crippen LogP contribution is -1.93. The van der Waals surface area contributed by atoms with Crippen LogP contribution in [-0.4, -0.2) is 0 Å². The van der Waals surface area contributed by atoms with E-state index in [0.29, 0.717) is 0 Å². The zero-order valence-electron chi connectivity index (χ0n) is 43.6. The van der Waals surface area contributed by atoms with Crippen molar-refractivity contribution in [3.05, 3.63) is 279 Å². The van der Waals surface area contributed by atoms with Crippen molar-refractivity contribution in [2.24, 2.45) is 0 Å². The summed E-state index contributed by atoms with van der Waals surface area (Å²) in [6, 6.07) is 103. The Kier molecular flexibility index (Phi) is 9.04. The van der Waals surface area contributed by atoms with E-state index in [0.717, 1.165) is 0 Å². The maximum atomic E-state index is 2.54. The molecule has 0 aliphatic heterocycles. The Hall–Kier alpha value is -10.4. The molecule has 1 aliphatic rings. The van der Waals surface area contributed by atoms with Crippen LogP contribution in [0.2, 0.25) is 0 Å². The highest BCUT2D eigenvalue weighted by Gasteiger charge is 2.31. The predicted molar refractivity (Wildman–Crippen MR) is 345 cm³/mol. The van der Waals surface area contributed by atoms with E-state index in [2.05, 4.69) is 279 Å². The summed E-state index contributed by atoms with van der Waals surface area (Å²) in [5.41, 5.74) is 15.8. The van der Waals surface area contributed by atoms with E-state index in [1.165, 1.54) is 185 Å². The topological polar surface area (TPSA) is 0 Å². The lowest BCUT2D eigenvalue weighted by molar-refractivity contribution is 1.62. The van der Waals surface area contributed by atoms with Crippen LogP contribution in [-0.2, 0) is 0 Å². The van der Waals surface area contributed by atoms with Crippen molar-refractivity contribution in [1.82, 2.24) is 0 Å². The minimum absolute atomic E-state index is 1.26. The van der Waals surface area contributed by atoms with Crippen LogP contribution in [0.1, 0.15) is 0 Å². The fraction of sp³-hybridized carbons (Fsp3) is 0. The van der Waals surface area contributed by atoms with E-state index in [1.54, 1.807) is 0 Å². The maximum absolute atomic E-state index is 2.54. The maximum Gasteiger partial charge on any atom is -0.000741 e. The smallest absolute Gasteiger partial charge is 0.000741 e. The summed E-state index contributed by atoms with van der Waals surface area (Å²) in [5.74, 6) is 0. The van der Waals surface area contributed by atoms with E-state index in [4.69, 9.17) is 0 Å². The Labute approximate surface area is 461 Å². The van der Waals surface area contributed by atoms with Gasteiger partial charge in [-0.2, -0.15) is 0 Å². The highest BCUT2D eigenvalue weighted by molar-refractivity contribution is 6.44. The summed E-state index contributed by atoms with van der Waals surface area (Å²) in [7, 11) is 0. The highest BCUT2D eigenvalue weighted by atomic mass is 14.3. The molecule has 0 amide bonds. The van der Waals surface area contributed by atoms with Crippen molar-refractivity contribution in [1.29, 1.82) is 0 Å². The first-order valence-electron chi connectivity index (χ1n) is 28.0. The second-order valence-corrected chi connectivity index (χ2v) is 22.0. The normalized spacial score (nSPS) is 12.2. The Bertz CT molecular complexity index is 5420. The molecule has 0 heterocycles. The predicted octanol–water partition coefficient (Wildman–Crippen LogP) is 22.7. The van der Waals surface area contributed by atoms with Crippen LogP contribution in [0, 0.1) is 0 Å². The molecule has 0 saturated heterocycles. The third-order valence-corrected chi connectivity index (χ3v) is 18.0. The van der Waals surface area contributed by atoms with Crippen LogP contribution in [0.3, 0.4) is 0 Å². The average molecular weight is 1010 g/mol. The third-order valence-electron chi connectivity index (χ3n) is 18.0. The SMILES string of the molecule is c1ccc(-c2c3c(c(-c4ccccc4)c4ccccc24)-c2cccc4cccc-3c24)cc1.c1ccc(-c2c3cc4c(cc3c(-c3ccccc3)c3c5cccc6cccc(c23)c65)c2cc3cccc5ccc6ccc4c2c6c53)cc1. The van der Waals surface area contributed by atoms with E-state index in [9.17, 15) is 0 Å². The van der Waals surface area contributed by atoms with Gasteiger partial charge in [-0.3, -0.25) is 0 Å². The molecule has 366 valence electrons. The van der Waals surface area contributed by atoms with Gasteiger partial charge in [0.05, 0.1) is 0 Å². The van der Waals surface area contributed by atoms with Crippen LogP contribution in [0.5, 0.6) is 0 Å². The zero-order valence-corrected chi connectivity index (χ0v) is 43.6. The molecule has 80 heavy (non-hydrogen) atoms. The van der Waals surface area contributed by atoms with Gasteiger partial charge in [-0.1, -0.05) is 261 Å². The standard InChI is InChI=1S/C48H26.C32H20/c1-3-10-28(11-4-1)43-39-25-36-33-23-22-31-21-20-30-14-7-17-32-24-38(46(33)45(31)41(30)32)37(36)26-40(39)44(29-12-5-2-6-13-29)48-35-19-9-16-27-15-8-18-34(42(27)35)47(43)48;1-3-11-22(12-4-1)29-24-17-7-8-18-25(24)30(23-13-5-2-6-14-23)32-27-20-10-16-21-15-9-19-26(28(21)27)31(29)32/h1-26H;1-20H. The molecule has 1 aliphatic carbocycles. The van der Waals surface area contributed by atoms with Crippen molar-refractivity contribution >= 4 is 118 Å². The molecule has 18 aromatic carbocycles. The number of fused-ring (bicyclic) bond motifs is 11. The summed E-state index contributed by atoms with van der Waals surface area (Å²) in [4.78, 5) is 0. The first-order valence-corrected chi connectivity index (χ1v) is 28.0. The van der Waals surface area contributed by atoms with Gasteiger partial charge >= 0.3 is 0 Å². The molecule has 0 saturated carbocycles. The summed E-state index contributed by atoms with van der Waals surface area (Å²) in [5, 5.41) is 29.4. The Balaban J connectivity index is 0.000000135. The van der Waals surface area contributed by atoms with Crippen LogP contribution in [0.25, 0.3) is 185 Å². The largest absolute Gasteiger partial charge is 0.0622 e. The molecule has 0 radical (unpaired) electrons. The van der Waals surface area contributed by atoms with Crippen LogP contribution >= 0.6 is 0 Å². The Morgan fingerprint density at radius 2 is 0.512 bits per heavy atom. The molecule has 0 heteroatoms. The molecular weight excluding hydrogens is 961 g/mol. The van der Waals surface area contributed by atoms with Gasteiger partial charge in [0.1, 0.15) is 0 Å². The number of benzene rings is 16. The summed E-state index contributed by atoms with van der Waals surface area (Å²) < 4.78 is 0. The molecule has 0 bridgehead atoms. The molecule has 0 aromatic heterocycles. The van der Waals surface area contributed by atoms with Crippen molar-refractivity contribution in [2.45, 2.75) is 0 Å². The monoisotopic (exact) mass is 1010 g/mol. The fourth-order valence-corrected chi connectivity index (χ4v) is 14.9. The Morgan fingerprint density at radius 1 is 0.138 bits per heavy atom. The second kappa shape index (κ2) is 16.6. The molecule has 0 spiro atoms. The van der Waals surface area contributed by atoms with Gasteiger partial charge < -0.3 is 0 Å². The van der Waals surface area contributed by atoms with Crippen molar-refractivity contribution in [3.8, 4) is 66.8 Å². The van der Waals surface area contributed by atoms with Crippen molar-refractivity contribution < 1.29 is 0 Å². The van der Waals surface area contributed by atoms with Crippen molar-refractivity contribution in [3.63, 3.8) is 0 Å². The molecule has 0 atom stereocenters. The molecule has 0 N–H and O–H groups in total. The van der Waals surface area contributed by atoms with Crippen molar-refractivity contribution in [2.75, 3.05) is 0 Å². The molecular formula is C80H46. The summed E-state index contributed by atoms with van der Waals surface area (Å²) >= 11 is 0. The van der Waals surface area contributed by atoms with Gasteiger partial charge in [-0.05, 0) is 203 Å². The van der Waals surface area contributed by atoms with Crippen LogP contribution < -0.4 is 0 Å².